The predicted octanol–water partition coefficient (Wildman–Crippen LogP) is 3.51. The largest absolute Gasteiger partial charge is 0.466 e. The zero-order valence-electron chi connectivity index (χ0n) is 19.6. The lowest BCUT2D eigenvalue weighted by Gasteiger charge is -2.32. The molecule has 9 heteroatoms. The standard InChI is InChI=1S/C26H28FN3O5/c1-2-33-26(32)18-9-11-29(12-10-18)15-25(31)30-22(19-5-8-23-24(13-19)35-16-34-23)14-21(28-30)17-3-6-20(27)7-4-17/h3-8,13,18,22H,2,9-12,14-16H2,1H3. The van der Waals surface area contributed by atoms with Crippen LogP contribution in [0.1, 0.15) is 43.4 Å². The van der Waals surface area contributed by atoms with E-state index in [4.69, 9.17) is 14.2 Å². The van der Waals surface area contributed by atoms with Gasteiger partial charge in [0.15, 0.2) is 11.5 Å². The van der Waals surface area contributed by atoms with Crippen molar-refractivity contribution in [3.63, 3.8) is 0 Å². The number of nitrogens with zero attached hydrogens (tertiary/aromatic N) is 3. The summed E-state index contributed by atoms with van der Waals surface area (Å²) in [6.07, 6.45) is 1.84. The Morgan fingerprint density at radius 3 is 2.57 bits per heavy atom. The van der Waals surface area contributed by atoms with Gasteiger partial charge in [-0.05, 0) is 68.2 Å². The molecule has 3 aliphatic heterocycles. The molecule has 1 atom stereocenters. The van der Waals surface area contributed by atoms with Crippen molar-refractivity contribution in [1.82, 2.24) is 9.91 Å². The zero-order valence-corrected chi connectivity index (χ0v) is 19.6. The van der Waals surface area contributed by atoms with Gasteiger partial charge in [-0.15, -0.1) is 0 Å². The Morgan fingerprint density at radius 1 is 1.09 bits per heavy atom. The number of hydrogen-bond donors (Lipinski definition) is 0. The van der Waals surface area contributed by atoms with Crippen molar-refractivity contribution < 1.29 is 28.2 Å². The first-order chi connectivity index (χ1) is 17.0. The smallest absolute Gasteiger partial charge is 0.309 e. The van der Waals surface area contributed by atoms with E-state index in [2.05, 4.69) is 10.0 Å². The summed E-state index contributed by atoms with van der Waals surface area (Å²) in [6, 6.07) is 11.5. The van der Waals surface area contributed by atoms with E-state index in [0.29, 0.717) is 50.5 Å². The molecule has 0 N–H and O–H groups in total. The van der Waals surface area contributed by atoms with Crippen molar-refractivity contribution in [3.05, 3.63) is 59.4 Å². The van der Waals surface area contributed by atoms with E-state index in [1.54, 1.807) is 19.1 Å². The van der Waals surface area contributed by atoms with Crippen LogP contribution < -0.4 is 9.47 Å². The summed E-state index contributed by atoms with van der Waals surface area (Å²) in [6.45, 7) is 3.85. The van der Waals surface area contributed by atoms with Gasteiger partial charge in [-0.2, -0.15) is 5.10 Å². The van der Waals surface area contributed by atoms with E-state index in [1.165, 1.54) is 17.1 Å². The molecule has 0 aliphatic carbocycles. The Balaban J connectivity index is 1.33. The number of rotatable bonds is 6. The molecule has 0 spiro atoms. The summed E-state index contributed by atoms with van der Waals surface area (Å²) in [5, 5.41) is 6.21. The molecule has 3 heterocycles. The number of fused-ring (bicyclic) bond motifs is 1. The topological polar surface area (TPSA) is 80.7 Å². The highest BCUT2D eigenvalue weighted by molar-refractivity contribution is 6.03. The Labute approximate surface area is 203 Å². The minimum Gasteiger partial charge on any atom is -0.466 e. The molecular weight excluding hydrogens is 453 g/mol. The van der Waals surface area contributed by atoms with Crippen LogP contribution in [-0.4, -0.2) is 60.5 Å². The van der Waals surface area contributed by atoms with Gasteiger partial charge in [0.1, 0.15) is 5.82 Å². The van der Waals surface area contributed by atoms with Crippen molar-refractivity contribution >= 4 is 17.6 Å². The monoisotopic (exact) mass is 481 g/mol. The Morgan fingerprint density at radius 2 is 1.83 bits per heavy atom. The molecule has 0 aromatic heterocycles. The van der Waals surface area contributed by atoms with E-state index in [0.717, 1.165) is 16.8 Å². The van der Waals surface area contributed by atoms with Gasteiger partial charge in [0.25, 0.3) is 5.91 Å². The molecule has 1 saturated heterocycles. The number of carbonyl (C=O) groups excluding carboxylic acids is 2. The van der Waals surface area contributed by atoms with Gasteiger partial charge in [-0.3, -0.25) is 14.5 Å². The van der Waals surface area contributed by atoms with E-state index >= 15 is 0 Å². The average Bonchev–Trinajstić information content (AvgIpc) is 3.52. The summed E-state index contributed by atoms with van der Waals surface area (Å²) >= 11 is 0. The predicted molar refractivity (Wildman–Crippen MR) is 126 cm³/mol. The maximum Gasteiger partial charge on any atom is 0.309 e. The fourth-order valence-electron chi connectivity index (χ4n) is 4.79. The molecule has 184 valence electrons. The molecule has 2 aromatic rings. The number of hydrazone groups is 1. The van der Waals surface area contributed by atoms with Crippen LogP contribution in [0.4, 0.5) is 4.39 Å². The van der Waals surface area contributed by atoms with Crippen molar-refractivity contribution in [2.24, 2.45) is 11.0 Å². The van der Waals surface area contributed by atoms with Crippen molar-refractivity contribution in [1.29, 1.82) is 0 Å². The van der Waals surface area contributed by atoms with Gasteiger partial charge in [-0.25, -0.2) is 9.40 Å². The maximum absolute atomic E-state index is 13.5. The highest BCUT2D eigenvalue weighted by atomic mass is 19.1. The van der Waals surface area contributed by atoms with Gasteiger partial charge in [0.2, 0.25) is 6.79 Å². The van der Waals surface area contributed by atoms with Crippen LogP contribution >= 0.6 is 0 Å². The van der Waals surface area contributed by atoms with Crippen LogP contribution in [-0.2, 0) is 14.3 Å². The minimum atomic E-state index is -0.321. The minimum absolute atomic E-state index is 0.113. The first kappa shape index (κ1) is 23.3. The molecule has 1 amide bonds. The number of halogens is 1. The van der Waals surface area contributed by atoms with E-state index in [1.807, 2.05) is 18.2 Å². The second-order valence-electron chi connectivity index (χ2n) is 8.93. The second-order valence-corrected chi connectivity index (χ2v) is 8.93. The third-order valence-corrected chi connectivity index (χ3v) is 6.69. The van der Waals surface area contributed by atoms with Crippen molar-refractivity contribution in [2.45, 2.75) is 32.2 Å². The number of carbonyl (C=O) groups is 2. The molecule has 1 unspecified atom stereocenters. The third-order valence-electron chi connectivity index (χ3n) is 6.69. The lowest BCUT2D eigenvalue weighted by Crippen LogP contribution is -2.43. The molecule has 1 fully saturated rings. The first-order valence-electron chi connectivity index (χ1n) is 12.0. The second kappa shape index (κ2) is 10.0. The molecular formula is C26H28FN3O5. The van der Waals surface area contributed by atoms with Gasteiger partial charge in [0.05, 0.1) is 30.8 Å². The van der Waals surface area contributed by atoms with Gasteiger partial charge >= 0.3 is 5.97 Å². The lowest BCUT2D eigenvalue weighted by atomic mass is 9.96. The summed E-state index contributed by atoms with van der Waals surface area (Å²) < 4.78 is 29.6. The molecule has 3 aliphatic rings. The van der Waals surface area contributed by atoms with Gasteiger partial charge in [-0.1, -0.05) is 18.2 Å². The van der Waals surface area contributed by atoms with Crippen molar-refractivity contribution in [2.75, 3.05) is 33.0 Å². The maximum atomic E-state index is 13.5. The SMILES string of the molecule is CCOC(=O)C1CCN(CC(=O)N2N=C(c3ccc(F)cc3)CC2c2ccc3c(c2)OCO3)CC1. The molecule has 5 rings (SSSR count). The van der Waals surface area contributed by atoms with Gasteiger partial charge < -0.3 is 14.2 Å². The van der Waals surface area contributed by atoms with Crippen LogP contribution in [0.5, 0.6) is 11.5 Å². The molecule has 0 bridgehead atoms. The first-order valence-corrected chi connectivity index (χ1v) is 12.0. The van der Waals surface area contributed by atoms with Crippen LogP contribution in [0.15, 0.2) is 47.6 Å². The van der Waals surface area contributed by atoms with E-state index < -0.39 is 0 Å². The van der Waals surface area contributed by atoms with Crippen LogP contribution in [0, 0.1) is 11.7 Å². The quantitative estimate of drug-likeness (QED) is 0.588. The van der Waals surface area contributed by atoms with Gasteiger partial charge in [0, 0.05) is 6.42 Å². The molecule has 2 aromatic carbocycles. The molecule has 8 nitrogen and oxygen atoms in total. The normalized spacial score (nSPS) is 20.1. The van der Waals surface area contributed by atoms with Crippen LogP contribution in [0.25, 0.3) is 0 Å². The number of piperidine rings is 1. The number of amides is 1. The highest BCUT2D eigenvalue weighted by Crippen LogP contribution is 2.39. The fraction of sp³-hybridized carbons (Fsp3) is 0.423. The Bertz CT molecular complexity index is 1130. The highest BCUT2D eigenvalue weighted by Gasteiger charge is 2.35. The number of esters is 1. The summed E-state index contributed by atoms with van der Waals surface area (Å²) in [7, 11) is 0. The molecule has 35 heavy (non-hydrogen) atoms. The van der Waals surface area contributed by atoms with Crippen LogP contribution in [0.3, 0.4) is 0 Å². The lowest BCUT2D eigenvalue weighted by molar-refractivity contribution is -0.149. The third kappa shape index (κ3) is 5.00. The summed E-state index contributed by atoms with van der Waals surface area (Å²) in [5.41, 5.74) is 2.40. The number of hydrogen-bond acceptors (Lipinski definition) is 7. The zero-order chi connectivity index (χ0) is 24.4. The fourth-order valence-corrected chi connectivity index (χ4v) is 4.79. The van der Waals surface area contributed by atoms with E-state index in [-0.39, 0.29) is 43.0 Å². The number of ether oxygens (including phenoxy) is 3. The summed E-state index contributed by atoms with van der Waals surface area (Å²) in [4.78, 5) is 27.5. The van der Waals surface area contributed by atoms with Crippen molar-refractivity contribution in [3.8, 4) is 11.5 Å². The number of likely N-dealkylation sites (tertiary alicyclic amines) is 1. The Hall–Kier alpha value is -3.46. The van der Waals surface area contributed by atoms with Crippen LogP contribution in [0.2, 0.25) is 0 Å². The Kier molecular flexibility index (Phi) is 6.68. The summed E-state index contributed by atoms with van der Waals surface area (Å²) in [5.74, 6) is 0.602. The average molecular weight is 482 g/mol. The molecule has 0 saturated carbocycles. The molecule has 0 radical (unpaired) electrons. The van der Waals surface area contributed by atoms with E-state index in [9.17, 15) is 14.0 Å². The number of benzene rings is 2.